The van der Waals surface area contributed by atoms with Crippen molar-refractivity contribution in [3.8, 4) is 0 Å². The van der Waals surface area contributed by atoms with Crippen LogP contribution < -0.4 is 0 Å². The molecule has 0 atom stereocenters. The van der Waals surface area contributed by atoms with E-state index in [4.69, 9.17) is 28.0 Å². The third kappa shape index (κ3) is 3.84. The molecule has 0 saturated carbocycles. The lowest BCUT2D eigenvalue weighted by Gasteiger charge is -2.05. The summed E-state index contributed by atoms with van der Waals surface area (Å²) >= 11 is 11.9. The zero-order valence-electron chi connectivity index (χ0n) is 11.6. The highest BCUT2D eigenvalue weighted by Gasteiger charge is 2.11. The predicted octanol–water partition coefficient (Wildman–Crippen LogP) is 4.88. The number of halogens is 2. The predicted molar refractivity (Wildman–Crippen MR) is 85.3 cm³/mol. The van der Waals surface area contributed by atoms with Gasteiger partial charge >= 0.3 is 5.97 Å². The highest BCUT2D eigenvalue weighted by molar-refractivity contribution is 6.37. The van der Waals surface area contributed by atoms with Crippen LogP contribution >= 0.6 is 23.2 Å². The maximum Gasteiger partial charge on any atom is 0.365 e. The van der Waals surface area contributed by atoms with E-state index in [0.717, 1.165) is 5.56 Å². The van der Waals surface area contributed by atoms with Gasteiger partial charge in [-0.25, -0.2) is 4.79 Å². The van der Waals surface area contributed by atoms with Crippen LogP contribution in [0.25, 0.3) is 0 Å². The van der Waals surface area contributed by atoms with Crippen molar-refractivity contribution in [3.05, 3.63) is 69.2 Å². The minimum absolute atomic E-state index is 0.454. The van der Waals surface area contributed by atoms with E-state index in [9.17, 15) is 4.79 Å². The highest BCUT2D eigenvalue weighted by atomic mass is 35.5. The fraction of sp³-hybridized carbons (Fsp3) is 0.125. The number of rotatable bonds is 3. The van der Waals surface area contributed by atoms with Crippen LogP contribution in [0.15, 0.2) is 47.6 Å². The zero-order valence-corrected chi connectivity index (χ0v) is 13.1. The number of hydrogen-bond donors (Lipinski definition) is 0. The number of hydrogen-bond acceptors (Lipinski definition) is 3. The molecule has 0 fully saturated rings. The van der Waals surface area contributed by atoms with E-state index in [0.29, 0.717) is 26.9 Å². The average Bonchev–Trinajstić information content (AvgIpc) is 2.45. The van der Waals surface area contributed by atoms with Crippen molar-refractivity contribution in [1.29, 1.82) is 0 Å². The summed E-state index contributed by atoms with van der Waals surface area (Å²) in [6.07, 6.45) is 0. The molecule has 108 valence electrons. The molecule has 0 aliphatic rings. The van der Waals surface area contributed by atoms with Gasteiger partial charge in [0, 0.05) is 10.6 Å². The van der Waals surface area contributed by atoms with Crippen molar-refractivity contribution in [2.45, 2.75) is 13.8 Å². The second-order valence-electron chi connectivity index (χ2n) is 4.49. The van der Waals surface area contributed by atoms with Crippen LogP contribution in [0.4, 0.5) is 0 Å². The summed E-state index contributed by atoms with van der Waals surface area (Å²) in [4.78, 5) is 16.9. The Morgan fingerprint density at radius 2 is 1.81 bits per heavy atom. The molecule has 0 aromatic heterocycles. The van der Waals surface area contributed by atoms with Gasteiger partial charge in [-0.15, -0.1) is 0 Å². The fourth-order valence-corrected chi connectivity index (χ4v) is 2.34. The van der Waals surface area contributed by atoms with Gasteiger partial charge in [0.05, 0.1) is 16.3 Å². The zero-order chi connectivity index (χ0) is 15.4. The van der Waals surface area contributed by atoms with Crippen molar-refractivity contribution in [2.75, 3.05) is 0 Å². The second kappa shape index (κ2) is 6.74. The van der Waals surface area contributed by atoms with Crippen LogP contribution in [-0.2, 0) is 4.84 Å². The van der Waals surface area contributed by atoms with E-state index in [-0.39, 0.29) is 0 Å². The third-order valence-corrected chi connectivity index (χ3v) is 3.50. The van der Waals surface area contributed by atoms with Crippen LogP contribution in [0, 0.1) is 6.92 Å². The van der Waals surface area contributed by atoms with Gasteiger partial charge in [0.15, 0.2) is 0 Å². The van der Waals surface area contributed by atoms with Gasteiger partial charge in [0.1, 0.15) is 0 Å². The summed E-state index contributed by atoms with van der Waals surface area (Å²) in [6.45, 7) is 3.55. The summed E-state index contributed by atoms with van der Waals surface area (Å²) in [5, 5.41) is 4.83. The number of aryl methyl sites for hydroxylation is 1. The molecule has 0 aliphatic carbocycles. The molecule has 0 amide bonds. The largest absolute Gasteiger partial charge is 0.365 e. The van der Waals surface area contributed by atoms with E-state index in [2.05, 4.69) is 5.16 Å². The van der Waals surface area contributed by atoms with Gasteiger partial charge in [0.2, 0.25) is 0 Å². The van der Waals surface area contributed by atoms with Crippen molar-refractivity contribution < 1.29 is 9.63 Å². The Morgan fingerprint density at radius 3 is 2.48 bits per heavy atom. The summed E-state index contributed by atoms with van der Waals surface area (Å²) in [6, 6.07) is 12.2. The summed E-state index contributed by atoms with van der Waals surface area (Å²) in [5.41, 5.74) is 2.48. The second-order valence-corrected chi connectivity index (χ2v) is 5.34. The molecular formula is C16H13Cl2NO2. The Hall–Kier alpha value is -1.84. The minimum atomic E-state index is -0.502. The molecule has 0 heterocycles. The van der Waals surface area contributed by atoms with Gasteiger partial charge in [-0.1, -0.05) is 52.6 Å². The van der Waals surface area contributed by atoms with E-state index >= 15 is 0 Å². The molecular weight excluding hydrogens is 309 g/mol. The van der Waals surface area contributed by atoms with Crippen LogP contribution in [0.3, 0.4) is 0 Å². The lowest BCUT2D eigenvalue weighted by atomic mass is 10.1. The van der Waals surface area contributed by atoms with Crippen molar-refractivity contribution in [3.63, 3.8) is 0 Å². The maximum atomic E-state index is 12.0. The molecule has 0 aliphatic heterocycles. The minimum Gasteiger partial charge on any atom is -0.313 e. The van der Waals surface area contributed by atoms with Gasteiger partial charge in [-0.3, -0.25) is 0 Å². The standard InChI is InChI=1S/C16H13Cl2NO2/c1-10-5-3-4-6-13(10)16(20)21-19-11(2)14-8-7-12(17)9-15(14)18/h3-9H,1-2H3. The molecule has 0 unspecified atom stereocenters. The number of carbonyl (C=O) groups excluding carboxylic acids is 1. The number of nitrogens with zero attached hydrogens (tertiary/aromatic N) is 1. The van der Waals surface area contributed by atoms with Crippen LogP contribution in [0.1, 0.15) is 28.4 Å². The van der Waals surface area contributed by atoms with E-state index in [1.165, 1.54) is 0 Å². The molecule has 0 saturated heterocycles. The van der Waals surface area contributed by atoms with Gasteiger partial charge in [-0.2, -0.15) is 0 Å². The highest BCUT2D eigenvalue weighted by Crippen LogP contribution is 2.21. The van der Waals surface area contributed by atoms with Gasteiger partial charge in [0.25, 0.3) is 0 Å². The molecule has 0 N–H and O–H groups in total. The first-order valence-electron chi connectivity index (χ1n) is 6.26. The number of oxime groups is 1. The van der Waals surface area contributed by atoms with Crippen LogP contribution in [0.2, 0.25) is 10.0 Å². The van der Waals surface area contributed by atoms with Gasteiger partial charge < -0.3 is 4.84 Å². The average molecular weight is 322 g/mol. The Bertz CT molecular complexity index is 711. The molecule has 0 bridgehead atoms. The topological polar surface area (TPSA) is 38.7 Å². The van der Waals surface area contributed by atoms with E-state index in [1.807, 2.05) is 19.1 Å². The normalized spacial score (nSPS) is 11.3. The monoisotopic (exact) mass is 321 g/mol. The summed E-state index contributed by atoms with van der Waals surface area (Å²) in [5.74, 6) is -0.502. The summed E-state index contributed by atoms with van der Waals surface area (Å²) in [7, 11) is 0. The fourth-order valence-electron chi connectivity index (χ4n) is 1.79. The Kier molecular flexibility index (Phi) is 4.99. The smallest absolute Gasteiger partial charge is 0.313 e. The Morgan fingerprint density at radius 1 is 1.10 bits per heavy atom. The lowest BCUT2D eigenvalue weighted by molar-refractivity contribution is 0.0515. The van der Waals surface area contributed by atoms with Crippen molar-refractivity contribution in [1.82, 2.24) is 0 Å². The maximum absolute atomic E-state index is 12.0. The molecule has 5 heteroatoms. The Balaban J connectivity index is 2.17. The van der Waals surface area contributed by atoms with Crippen LogP contribution in [-0.4, -0.2) is 11.7 Å². The number of benzene rings is 2. The van der Waals surface area contributed by atoms with E-state index in [1.54, 1.807) is 37.3 Å². The first-order chi connectivity index (χ1) is 9.99. The first-order valence-corrected chi connectivity index (χ1v) is 7.01. The van der Waals surface area contributed by atoms with E-state index < -0.39 is 5.97 Å². The molecule has 21 heavy (non-hydrogen) atoms. The van der Waals surface area contributed by atoms with Gasteiger partial charge in [-0.05, 0) is 37.6 Å². The molecule has 0 spiro atoms. The number of carbonyl (C=O) groups is 1. The molecule has 0 radical (unpaired) electrons. The Labute approximate surface area is 133 Å². The van der Waals surface area contributed by atoms with Crippen molar-refractivity contribution in [2.24, 2.45) is 5.16 Å². The van der Waals surface area contributed by atoms with Crippen molar-refractivity contribution >= 4 is 34.9 Å². The lowest BCUT2D eigenvalue weighted by Crippen LogP contribution is -2.05. The molecule has 2 aromatic carbocycles. The SMILES string of the molecule is CC(=NOC(=O)c1ccccc1C)c1ccc(Cl)cc1Cl. The third-order valence-electron chi connectivity index (χ3n) is 2.95. The molecule has 3 nitrogen and oxygen atoms in total. The quantitative estimate of drug-likeness (QED) is 0.459. The molecule has 2 aromatic rings. The first kappa shape index (κ1) is 15.5. The summed E-state index contributed by atoms with van der Waals surface area (Å²) < 4.78 is 0. The molecule has 2 rings (SSSR count). The van der Waals surface area contributed by atoms with Crippen LogP contribution in [0.5, 0.6) is 0 Å².